The van der Waals surface area contributed by atoms with Gasteiger partial charge in [-0.25, -0.2) is 0 Å². The minimum absolute atomic E-state index is 0.0819. The van der Waals surface area contributed by atoms with Crippen LogP contribution in [-0.2, 0) is 9.59 Å². The molecule has 0 saturated carbocycles. The average Bonchev–Trinajstić information content (AvgIpc) is 2.21. The van der Waals surface area contributed by atoms with Gasteiger partial charge < -0.3 is 10.4 Å². The van der Waals surface area contributed by atoms with Gasteiger partial charge in [0, 0.05) is 6.54 Å². The molecule has 88 valence electrons. The number of carboxylic acid groups (broad SMARTS) is 1. The molecule has 0 radical (unpaired) electrons. The molecule has 2 N–H and O–H groups in total. The van der Waals surface area contributed by atoms with Crippen LogP contribution in [0.25, 0.3) is 0 Å². The van der Waals surface area contributed by atoms with Crippen molar-refractivity contribution >= 4 is 23.6 Å². The van der Waals surface area contributed by atoms with Crippen LogP contribution in [0.2, 0.25) is 0 Å². The molecule has 0 fully saturated rings. The number of hydrogen-bond donors (Lipinski definition) is 2. The first-order chi connectivity index (χ1) is 7.02. The Morgan fingerprint density at radius 1 is 1.40 bits per heavy atom. The van der Waals surface area contributed by atoms with E-state index in [1.807, 2.05) is 13.8 Å². The van der Waals surface area contributed by atoms with Crippen LogP contribution < -0.4 is 5.32 Å². The van der Waals surface area contributed by atoms with E-state index in [2.05, 4.69) is 5.32 Å². The van der Waals surface area contributed by atoms with Gasteiger partial charge in [-0.3, -0.25) is 9.59 Å². The predicted octanol–water partition coefficient (Wildman–Crippen LogP) is 1.50. The maximum absolute atomic E-state index is 11.5. The van der Waals surface area contributed by atoms with E-state index < -0.39 is 11.2 Å². The number of amides is 1. The molecule has 0 aromatic heterocycles. The molecule has 15 heavy (non-hydrogen) atoms. The van der Waals surface area contributed by atoms with Crippen molar-refractivity contribution in [3.8, 4) is 0 Å². The molecule has 0 heterocycles. The highest BCUT2D eigenvalue weighted by molar-refractivity contribution is 8.01. The molecule has 4 nitrogen and oxygen atoms in total. The molecule has 0 bridgehead atoms. The standard InChI is InChI=1S/C10H19NO3S/c1-4-6-11-9(12)7(3)15-8(5-2)10(13)14/h7-8H,4-6H2,1-3H3,(H,11,12)(H,13,14). The fourth-order valence-corrected chi connectivity index (χ4v) is 2.04. The highest BCUT2D eigenvalue weighted by Gasteiger charge is 2.22. The van der Waals surface area contributed by atoms with Crippen molar-refractivity contribution in [3.63, 3.8) is 0 Å². The van der Waals surface area contributed by atoms with Gasteiger partial charge in [0.15, 0.2) is 0 Å². The average molecular weight is 233 g/mol. The zero-order chi connectivity index (χ0) is 11.8. The minimum atomic E-state index is -0.849. The van der Waals surface area contributed by atoms with Crippen molar-refractivity contribution in [1.29, 1.82) is 0 Å². The second kappa shape index (κ2) is 7.56. The molecule has 0 aliphatic heterocycles. The van der Waals surface area contributed by atoms with Gasteiger partial charge in [0.05, 0.1) is 5.25 Å². The molecule has 1 amide bonds. The lowest BCUT2D eigenvalue weighted by molar-refractivity contribution is -0.136. The highest BCUT2D eigenvalue weighted by atomic mass is 32.2. The zero-order valence-corrected chi connectivity index (χ0v) is 10.3. The van der Waals surface area contributed by atoms with E-state index in [0.717, 1.165) is 6.42 Å². The van der Waals surface area contributed by atoms with Crippen molar-refractivity contribution in [2.45, 2.75) is 44.1 Å². The maximum Gasteiger partial charge on any atom is 0.316 e. The first kappa shape index (κ1) is 14.3. The molecule has 0 aliphatic rings. The fraction of sp³-hybridized carbons (Fsp3) is 0.800. The van der Waals surface area contributed by atoms with Gasteiger partial charge in [0.2, 0.25) is 5.91 Å². The summed E-state index contributed by atoms with van der Waals surface area (Å²) in [5, 5.41) is 10.8. The molecule has 0 aromatic carbocycles. The van der Waals surface area contributed by atoms with Crippen LogP contribution in [0.5, 0.6) is 0 Å². The maximum atomic E-state index is 11.5. The quantitative estimate of drug-likeness (QED) is 0.699. The van der Waals surface area contributed by atoms with Gasteiger partial charge in [0.25, 0.3) is 0 Å². The highest BCUT2D eigenvalue weighted by Crippen LogP contribution is 2.20. The summed E-state index contributed by atoms with van der Waals surface area (Å²) in [4.78, 5) is 22.2. The van der Waals surface area contributed by atoms with Gasteiger partial charge in [-0.1, -0.05) is 13.8 Å². The van der Waals surface area contributed by atoms with Crippen LogP contribution in [0, 0.1) is 0 Å². The molecule has 0 aromatic rings. The number of carboxylic acids is 1. The Kier molecular flexibility index (Phi) is 7.21. The van der Waals surface area contributed by atoms with E-state index in [-0.39, 0.29) is 11.2 Å². The van der Waals surface area contributed by atoms with E-state index in [4.69, 9.17) is 5.11 Å². The van der Waals surface area contributed by atoms with Crippen LogP contribution in [0.15, 0.2) is 0 Å². The van der Waals surface area contributed by atoms with Crippen LogP contribution in [-0.4, -0.2) is 34.0 Å². The van der Waals surface area contributed by atoms with E-state index in [0.29, 0.717) is 13.0 Å². The lowest BCUT2D eigenvalue weighted by Crippen LogP contribution is -2.33. The fourth-order valence-electron chi connectivity index (χ4n) is 1.03. The second-order valence-corrected chi connectivity index (χ2v) is 4.85. The second-order valence-electron chi connectivity index (χ2n) is 3.30. The summed E-state index contributed by atoms with van der Waals surface area (Å²) in [5.74, 6) is -0.931. The van der Waals surface area contributed by atoms with Crippen LogP contribution >= 0.6 is 11.8 Å². The van der Waals surface area contributed by atoms with Gasteiger partial charge in [-0.15, -0.1) is 11.8 Å². The summed E-state index contributed by atoms with van der Waals surface area (Å²) < 4.78 is 0. The molecule has 0 spiro atoms. The van der Waals surface area contributed by atoms with Gasteiger partial charge in [0.1, 0.15) is 5.25 Å². The summed E-state index contributed by atoms with van der Waals surface area (Å²) in [6, 6.07) is 0. The molecule has 0 rings (SSSR count). The third kappa shape index (κ3) is 5.67. The normalized spacial score (nSPS) is 14.3. The number of carbonyl (C=O) groups excluding carboxylic acids is 1. The Labute approximate surface area is 94.8 Å². The number of rotatable bonds is 7. The summed E-state index contributed by atoms with van der Waals surface area (Å²) in [6.07, 6.45) is 1.42. The Bertz CT molecular complexity index is 221. The van der Waals surface area contributed by atoms with E-state index in [9.17, 15) is 9.59 Å². The first-order valence-electron chi connectivity index (χ1n) is 5.18. The molecule has 0 aliphatic carbocycles. The van der Waals surface area contributed by atoms with Crippen molar-refractivity contribution in [2.24, 2.45) is 0 Å². The van der Waals surface area contributed by atoms with Gasteiger partial charge in [-0.05, 0) is 19.8 Å². The largest absolute Gasteiger partial charge is 0.480 e. The predicted molar refractivity (Wildman–Crippen MR) is 62.1 cm³/mol. The molecule has 2 atom stereocenters. The Hall–Kier alpha value is -0.710. The monoisotopic (exact) mass is 233 g/mol. The number of thioether (sulfide) groups is 1. The van der Waals surface area contributed by atoms with Crippen molar-refractivity contribution in [3.05, 3.63) is 0 Å². The Morgan fingerprint density at radius 2 is 2.00 bits per heavy atom. The van der Waals surface area contributed by atoms with Crippen LogP contribution in [0.3, 0.4) is 0 Å². The molecular weight excluding hydrogens is 214 g/mol. The lowest BCUT2D eigenvalue weighted by Gasteiger charge is -2.15. The van der Waals surface area contributed by atoms with Crippen molar-refractivity contribution in [1.82, 2.24) is 5.32 Å². The van der Waals surface area contributed by atoms with E-state index in [1.165, 1.54) is 11.8 Å². The summed E-state index contributed by atoms with van der Waals surface area (Å²) in [7, 11) is 0. The minimum Gasteiger partial charge on any atom is -0.480 e. The molecule has 2 unspecified atom stereocenters. The smallest absolute Gasteiger partial charge is 0.316 e. The summed E-state index contributed by atoms with van der Waals surface area (Å²) in [5.41, 5.74) is 0. The summed E-state index contributed by atoms with van der Waals surface area (Å²) >= 11 is 1.20. The SMILES string of the molecule is CCCNC(=O)C(C)SC(CC)C(=O)O. The van der Waals surface area contributed by atoms with E-state index >= 15 is 0 Å². The molecule has 5 heteroatoms. The van der Waals surface area contributed by atoms with Crippen molar-refractivity contribution in [2.75, 3.05) is 6.54 Å². The third-order valence-corrected chi connectivity index (χ3v) is 3.42. The number of carbonyl (C=O) groups is 2. The Balaban J connectivity index is 4.04. The van der Waals surface area contributed by atoms with Crippen LogP contribution in [0.4, 0.5) is 0 Å². The lowest BCUT2D eigenvalue weighted by atomic mass is 10.3. The summed E-state index contributed by atoms with van der Waals surface area (Å²) in [6.45, 7) is 6.17. The molecule has 0 saturated heterocycles. The zero-order valence-electron chi connectivity index (χ0n) is 9.45. The molecular formula is C10H19NO3S. The van der Waals surface area contributed by atoms with Crippen LogP contribution in [0.1, 0.15) is 33.6 Å². The first-order valence-corrected chi connectivity index (χ1v) is 6.13. The third-order valence-electron chi connectivity index (χ3n) is 1.93. The van der Waals surface area contributed by atoms with Crippen molar-refractivity contribution < 1.29 is 14.7 Å². The topological polar surface area (TPSA) is 66.4 Å². The Morgan fingerprint density at radius 3 is 2.40 bits per heavy atom. The van der Waals surface area contributed by atoms with Gasteiger partial charge >= 0.3 is 5.97 Å². The van der Waals surface area contributed by atoms with E-state index in [1.54, 1.807) is 6.92 Å². The van der Waals surface area contributed by atoms with Gasteiger partial charge in [-0.2, -0.15) is 0 Å². The number of nitrogens with one attached hydrogen (secondary N) is 1. The number of aliphatic carboxylic acids is 1. The number of hydrogen-bond acceptors (Lipinski definition) is 3.